The minimum atomic E-state index is -0.214. The van der Waals surface area contributed by atoms with Crippen LogP contribution in [0.4, 0.5) is 0 Å². The third-order valence-electron chi connectivity index (χ3n) is 3.84. The van der Waals surface area contributed by atoms with E-state index in [0.29, 0.717) is 16.6 Å². The third-order valence-corrected chi connectivity index (χ3v) is 3.84. The van der Waals surface area contributed by atoms with Crippen molar-refractivity contribution >= 4 is 17.1 Å². The number of aldehydes is 1. The fourth-order valence-corrected chi connectivity index (χ4v) is 2.67. The number of fused-ring (bicyclic) bond motifs is 1. The number of carbonyl (C=O) groups excluding carboxylic acids is 1. The number of nitrogens with zero attached hydrogens (tertiary/aromatic N) is 2. The topological polar surface area (TPSA) is 52.0 Å². The molecule has 0 aliphatic heterocycles. The van der Waals surface area contributed by atoms with E-state index in [-0.39, 0.29) is 5.56 Å². The zero-order chi connectivity index (χ0) is 15.7. The van der Waals surface area contributed by atoms with Gasteiger partial charge in [0, 0.05) is 10.9 Å². The van der Waals surface area contributed by atoms with Crippen molar-refractivity contribution in [1.82, 2.24) is 9.78 Å². The van der Waals surface area contributed by atoms with Crippen LogP contribution in [0.1, 0.15) is 28.4 Å². The van der Waals surface area contributed by atoms with Crippen LogP contribution < -0.4 is 5.56 Å². The lowest BCUT2D eigenvalue weighted by molar-refractivity contribution is 0.112. The zero-order valence-electron chi connectivity index (χ0n) is 12.5. The lowest BCUT2D eigenvalue weighted by Gasteiger charge is -2.11. The largest absolute Gasteiger partial charge is 0.298 e. The SMILES string of the molecule is CCc1cccc(-n2ncc3cc(C)ccc3c2=O)c1C=O. The van der Waals surface area contributed by atoms with Crippen LogP contribution in [0.5, 0.6) is 0 Å². The van der Waals surface area contributed by atoms with E-state index in [0.717, 1.165) is 29.2 Å². The Kier molecular flexibility index (Phi) is 3.59. The maximum atomic E-state index is 12.7. The molecule has 0 saturated carbocycles. The Bertz CT molecular complexity index is 926. The highest BCUT2D eigenvalue weighted by atomic mass is 16.1. The number of benzene rings is 2. The van der Waals surface area contributed by atoms with Crippen LogP contribution in [0.15, 0.2) is 47.4 Å². The summed E-state index contributed by atoms with van der Waals surface area (Å²) in [5.41, 5.74) is 2.82. The molecule has 0 radical (unpaired) electrons. The van der Waals surface area contributed by atoms with Crippen LogP contribution in [0, 0.1) is 6.92 Å². The summed E-state index contributed by atoms with van der Waals surface area (Å²) in [4.78, 5) is 24.1. The van der Waals surface area contributed by atoms with Gasteiger partial charge in [-0.2, -0.15) is 9.78 Å². The van der Waals surface area contributed by atoms with Crippen molar-refractivity contribution in [3.8, 4) is 5.69 Å². The van der Waals surface area contributed by atoms with E-state index in [2.05, 4.69) is 5.10 Å². The molecule has 0 fully saturated rings. The molecular formula is C18H16N2O2. The quantitative estimate of drug-likeness (QED) is 0.697. The second-order valence-corrected chi connectivity index (χ2v) is 5.27. The van der Waals surface area contributed by atoms with Gasteiger partial charge < -0.3 is 0 Å². The monoisotopic (exact) mass is 292 g/mol. The number of rotatable bonds is 3. The third kappa shape index (κ3) is 2.22. The molecule has 0 bridgehead atoms. The molecule has 0 spiro atoms. The van der Waals surface area contributed by atoms with Crippen molar-refractivity contribution in [1.29, 1.82) is 0 Å². The van der Waals surface area contributed by atoms with Gasteiger partial charge >= 0.3 is 0 Å². The summed E-state index contributed by atoms with van der Waals surface area (Å²) in [5, 5.41) is 5.65. The van der Waals surface area contributed by atoms with Gasteiger partial charge in [0.1, 0.15) is 0 Å². The summed E-state index contributed by atoms with van der Waals surface area (Å²) in [5.74, 6) is 0. The van der Waals surface area contributed by atoms with Gasteiger partial charge in [0.25, 0.3) is 5.56 Å². The molecule has 1 aromatic heterocycles. The predicted molar refractivity (Wildman–Crippen MR) is 86.8 cm³/mol. The van der Waals surface area contributed by atoms with E-state index in [9.17, 15) is 9.59 Å². The molecule has 0 aliphatic rings. The molecule has 0 unspecified atom stereocenters. The Balaban J connectivity index is 2.32. The van der Waals surface area contributed by atoms with E-state index in [1.807, 2.05) is 38.1 Å². The molecule has 110 valence electrons. The lowest BCUT2D eigenvalue weighted by Crippen LogP contribution is -2.22. The summed E-state index contributed by atoms with van der Waals surface area (Å²) in [6.45, 7) is 3.95. The van der Waals surface area contributed by atoms with Gasteiger partial charge in [-0.05, 0) is 37.1 Å². The number of aromatic nitrogens is 2. The van der Waals surface area contributed by atoms with Crippen molar-refractivity contribution in [3.63, 3.8) is 0 Å². The maximum absolute atomic E-state index is 12.7. The second-order valence-electron chi connectivity index (χ2n) is 5.27. The minimum Gasteiger partial charge on any atom is -0.298 e. The molecule has 0 N–H and O–H groups in total. The molecule has 4 heteroatoms. The zero-order valence-corrected chi connectivity index (χ0v) is 12.5. The number of carbonyl (C=O) groups is 1. The first-order chi connectivity index (χ1) is 10.7. The molecular weight excluding hydrogens is 276 g/mol. The Hall–Kier alpha value is -2.75. The van der Waals surface area contributed by atoms with Gasteiger partial charge in [-0.25, -0.2) is 0 Å². The van der Waals surface area contributed by atoms with Crippen LogP contribution in [-0.2, 0) is 6.42 Å². The maximum Gasteiger partial charge on any atom is 0.279 e. The molecule has 22 heavy (non-hydrogen) atoms. The Morgan fingerprint density at radius 2 is 2.05 bits per heavy atom. The average molecular weight is 292 g/mol. The summed E-state index contributed by atoms with van der Waals surface area (Å²) < 4.78 is 1.31. The first-order valence-corrected chi connectivity index (χ1v) is 7.22. The Morgan fingerprint density at radius 1 is 1.23 bits per heavy atom. The normalized spacial score (nSPS) is 10.8. The van der Waals surface area contributed by atoms with Crippen molar-refractivity contribution in [3.05, 3.63) is 69.6 Å². The van der Waals surface area contributed by atoms with Gasteiger partial charge in [-0.15, -0.1) is 0 Å². The highest BCUT2D eigenvalue weighted by molar-refractivity contribution is 5.85. The molecule has 1 heterocycles. The summed E-state index contributed by atoms with van der Waals surface area (Å²) in [7, 11) is 0. The minimum absolute atomic E-state index is 0.214. The second kappa shape index (κ2) is 5.56. The molecule has 0 saturated heterocycles. The molecule has 3 rings (SSSR count). The summed E-state index contributed by atoms with van der Waals surface area (Å²) in [6, 6.07) is 11.1. The molecule has 0 amide bonds. The summed E-state index contributed by atoms with van der Waals surface area (Å²) in [6.07, 6.45) is 3.18. The van der Waals surface area contributed by atoms with E-state index in [1.54, 1.807) is 18.3 Å². The highest BCUT2D eigenvalue weighted by Crippen LogP contribution is 2.17. The van der Waals surface area contributed by atoms with E-state index >= 15 is 0 Å². The van der Waals surface area contributed by atoms with E-state index in [1.165, 1.54) is 4.68 Å². The van der Waals surface area contributed by atoms with Crippen LogP contribution in [0.3, 0.4) is 0 Å². The molecule has 3 aromatic rings. The van der Waals surface area contributed by atoms with Crippen molar-refractivity contribution in [2.45, 2.75) is 20.3 Å². The van der Waals surface area contributed by atoms with Crippen molar-refractivity contribution < 1.29 is 4.79 Å². The standard InChI is InChI=1S/C18H16N2O2/c1-3-13-5-4-6-17(16(13)11-21)20-18(22)15-8-7-12(2)9-14(15)10-19-20/h4-11H,3H2,1-2H3. The highest BCUT2D eigenvalue weighted by Gasteiger charge is 2.12. The van der Waals surface area contributed by atoms with Crippen molar-refractivity contribution in [2.75, 3.05) is 0 Å². The molecule has 2 aromatic carbocycles. The van der Waals surface area contributed by atoms with Crippen LogP contribution in [0.25, 0.3) is 16.5 Å². The van der Waals surface area contributed by atoms with Crippen LogP contribution in [-0.4, -0.2) is 16.1 Å². The Morgan fingerprint density at radius 3 is 2.77 bits per heavy atom. The molecule has 0 aliphatic carbocycles. The number of hydrogen-bond acceptors (Lipinski definition) is 3. The van der Waals surface area contributed by atoms with Gasteiger partial charge in [-0.1, -0.05) is 30.7 Å². The van der Waals surface area contributed by atoms with Gasteiger partial charge in [-0.3, -0.25) is 9.59 Å². The first-order valence-electron chi connectivity index (χ1n) is 7.22. The van der Waals surface area contributed by atoms with Gasteiger partial charge in [0.2, 0.25) is 0 Å². The molecule has 4 nitrogen and oxygen atoms in total. The average Bonchev–Trinajstić information content (AvgIpc) is 2.54. The summed E-state index contributed by atoms with van der Waals surface area (Å²) >= 11 is 0. The van der Waals surface area contributed by atoms with E-state index in [4.69, 9.17) is 0 Å². The lowest BCUT2D eigenvalue weighted by atomic mass is 10.0. The van der Waals surface area contributed by atoms with Crippen LogP contribution >= 0.6 is 0 Å². The van der Waals surface area contributed by atoms with E-state index < -0.39 is 0 Å². The molecule has 0 atom stereocenters. The number of hydrogen-bond donors (Lipinski definition) is 0. The van der Waals surface area contributed by atoms with Gasteiger partial charge in [0.05, 0.1) is 17.3 Å². The number of aryl methyl sites for hydroxylation is 2. The van der Waals surface area contributed by atoms with Crippen LogP contribution in [0.2, 0.25) is 0 Å². The smallest absolute Gasteiger partial charge is 0.279 e. The Labute approximate surface area is 128 Å². The predicted octanol–water partition coefficient (Wildman–Crippen LogP) is 3.07. The fraction of sp³-hybridized carbons (Fsp3) is 0.167. The van der Waals surface area contributed by atoms with Crippen molar-refractivity contribution in [2.24, 2.45) is 0 Å². The van der Waals surface area contributed by atoms with Gasteiger partial charge in [0.15, 0.2) is 6.29 Å². The first kappa shape index (κ1) is 14.2. The fourth-order valence-electron chi connectivity index (χ4n) is 2.67.